The molecule has 18 heavy (non-hydrogen) atoms. The van der Waals surface area contributed by atoms with Crippen LogP contribution in [0.15, 0.2) is 18.2 Å². The average Bonchev–Trinajstić information content (AvgIpc) is 2.31. The molecule has 1 amide bonds. The molecule has 1 rings (SSSR count). The topological polar surface area (TPSA) is 61.4 Å². The second kappa shape index (κ2) is 10.2. The number of alkyl halides is 1. The molecule has 0 saturated heterocycles. The van der Waals surface area contributed by atoms with Crippen molar-refractivity contribution in [1.29, 1.82) is 0 Å². The van der Waals surface area contributed by atoms with E-state index in [0.29, 0.717) is 6.42 Å². The van der Waals surface area contributed by atoms with Crippen LogP contribution < -0.4 is 40.1 Å². The summed E-state index contributed by atoms with van der Waals surface area (Å²) < 4.78 is 0.799. The van der Waals surface area contributed by atoms with Crippen LogP contribution in [0.5, 0.6) is 0 Å². The zero-order valence-corrected chi connectivity index (χ0v) is 14.8. The summed E-state index contributed by atoms with van der Waals surface area (Å²) in [7, 11) is 0. The Hall–Kier alpha value is 0.340. The van der Waals surface area contributed by atoms with E-state index in [1.54, 1.807) is 6.07 Å². The molecular weight excluding hydrogens is 356 g/mol. The summed E-state index contributed by atoms with van der Waals surface area (Å²) in [5.41, 5.74) is 2.65. The Kier molecular flexibility index (Phi) is 10.4. The van der Waals surface area contributed by atoms with Gasteiger partial charge in [0.15, 0.2) is 0 Å². The van der Waals surface area contributed by atoms with E-state index in [1.165, 1.54) is 0 Å². The summed E-state index contributed by atoms with van der Waals surface area (Å²) in [5, 5.41) is 12.9. The first-order valence-corrected chi connectivity index (χ1v) is 6.96. The van der Waals surface area contributed by atoms with Crippen LogP contribution >= 0.6 is 22.6 Å². The van der Waals surface area contributed by atoms with Gasteiger partial charge < -0.3 is 15.5 Å². The second-order valence-electron chi connectivity index (χ2n) is 3.59. The van der Waals surface area contributed by atoms with Crippen molar-refractivity contribution >= 4 is 34.2 Å². The number of carbonyl (C=O) groups excluding carboxylic acids is 1. The summed E-state index contributed by atoms with van der Waals surface area (Å²) in [4.78, 5) is 15.3. The van der Waals surface area contributed by atoms with E-state index in [2.05, 4.69) is 32.8 Å². The normalized spacial score (nSPS) is 9.72. The van der Waals surface area contributed by atoms with E-state index in [-0.39, 0.29) is 42.1 Å². The van der Waals surface area contributed by atoms with Crippen LogP contribution in [0, 0.1) is 0 Å². The Morgan fingerprint density at radius 3 is 2.78 bits per heavy atom. The maximum absolute atomic E-state index is 11.5. The van der Waals surface area contributed by atoms with Crippen LogP contribution in [-0.4, -0.2) is 10.3 Å². The fraction of sp³-hybridized carbons (Fsp3) is 0.417. The first-order chi connectivity index (χ1) is 8.21. The maximum atomic E-state index is 11.5. The molecule has 94 valence electrons. The summed E-state index contributed by atoms with van der Waals surface area (Å²) in [6, 6.07) is 5.49. The van der Waals surface area contributed by atoms with Gasteiger partial charge in [0.2, 0.25) is 5.91 Å². The first kappa shape index (κ1) is 18.3. The Morgan fingerprint density at radius 2 is 2.22 bits per heavy atom. The van der Waals surface area contributed by atoms with E-state index >= 15 is 0 Å². The van der Waals surface area contributed by atoms with Gasteiger partial charge in [-0.3, -0.25) is 4.79 Å². The van der Waals surface area contributed by atoms with Gasteiger partial charge in [-0.05, 0) is 23.6 Å². The fourth-order valence-corrected chi connectivity index (χ4v) is 2.01. The number of nitrogens with one attached hydrogen (secondary N) is 1. The van der Waals surface area contributed by atoms with Crippen molar-refractivity contribution in [2.24, 2.45) is 0 Å². The Morgan fingerprint density at radius 1 is 1.50 bits per heavy atom. The number of aryl methyl sites for hydroxylation is 1. The predicted octanol–water partition coefficient (Wildman–Crippen LogP) is -1.19. The van der Waals surface area contributed by atoms with Crippen LogP contribution in [0.3, 0.4) is 0 Å². The SMILES string of the molecule is CCc1cc(CO[O-])ccc1NC(=O)CCI.[Na+]. The van der Waals surface area contributed by atoms with Gasteiger partial charge in [-0.2, -0.15) is 0 Å². The zero-order chi connectivity index (χ0) is 12.7. The molecule has 0 bridgehead atoms. The molecule has 4 nitrogen and oxygen atoms in total. The number of anilines is 1. The van der Waals surface area contributed by atoms with Gasteiger partial charge in [-0.25, -0.2) is 0 Å². The smallest absolute Gasteiger partial charge is 0.723 e. The minimum absolute atomic E-state index is 0. The van der Waals surface area contributed by atoms with Gasteiger partial charge >= 0.3 is 29.6 Å². The van der Waals surface area contributed by atoms with Crippen LogP contribution in [0.2, 0.25) is 0 Å². The molecule has 0 spiro atoms. The number of benzene rings is 1. The monoisotopic (exact) mass is 371 g/mol. The van der Waals surface area contributed by atoms with Crippen molar-refractivity contribution in [2.45, 2.75) is 26.4 Å². The third-order valence-electron chi connectivity index (χ3n) is 2.37. The van der Waals surface area contributed by atoms with Gasteiger partial charge in [0, 0.05) is 16.5 Å². The Labute approximate surface area is 143 Å². The first-order valence-electron chi connectivity index (χ1n) is 5.43. The number of amides is 1. The predicted molar refractivity (Wildman–Crippen MR) is 72.7 cm³/mol. The summed E-state index contributed by atoms with van der Waals surface area (Å²) in [5.74, 6) is 0.0157. The second-order valence-corrected chi connectivity index (χ2v) is 4.67. The van der Waals surface area contributed by atoms with Crippen LogP contribution in [0.25, 0.3) is 0 Å². The minimum atomic E-state index is 0. The molecule has 0 aliphatic rings. The molecule has 0 atom stereocenters. The molecule has 1 aromatic carbocycles. The largest absolute Gasteiger partial charge is 1.00 e. The Bertz CT molecular complexity index is 388. The van der Waals surface area contributed by atoms with Gasteiger partial charge in [-0.1, -0.05) is 41.6 Å². The third-order valence-corrected chi connectivity index (χ3v) is 2.91. The summed E-state index contributed by atoms with van der Waals surface area (Å²) in [6.45, 7) is 2.06. The van der Waals surface area contributed by atoms with Gasteiger partial charge in [0.05, 0.1) is 6.61 Å². The maximum Gasteiger partial charge on any atom is 1.00 e. The van der Waals surface area contributed by atoms with E-state index < -0.39 is 0 Å². The molecule has 6 heteroatoms. The minimum Gasteiger partial charge on any atom is -0.723 e. The molecule has 0 aliphatic carbocycles. The quantitative estimate of drug-likeness (QED) is 0.225. The molecule has 0 heterocycles. The summed E-state index contributed by atoms with van der Waals surface area (Å²) in [6.07, 6.45) is 1.31. The van der Waals surface area contributed by atoms with Crippen molar-refractivity contribution in [1.82, 2.24) is 0 Å². The number of halogens is 1. The molecule has 0 fully saturated rings. The Balaban J connectivity index is 0.00000289. The van der Waals surface area contributed by atoms with E-state index in [0.717, 1.165) is 27.7 Å². The van der Waals surface area contributed by atoms with E-state index in [9.17, 15) is 10.1 Å². The number of hydrogen-bond donors (Lipinski definition) is 1. The van der Waals surface area contributed by atoms with Gasteiger partial charge in [0.1, 0.15) is 0 Å². The van der Waals surface area contributed by atoms with Crippen molar-refractivity contribution < 1.29 is 44.5 Å². The molecule has 1 N–H and O–H groups in total. The van der Waals surface area contributed by atoms with Crippen LogP contribution in [0.4, 0.5) is 5.69 Å². The van der Waals surface area contributed by atoms with Gasteiger partial charge in [0.25, 0.3) is 0 Å². The van der Waals surface area contributed by atoms with Crippen LogP contribution in [-0.2, 0) is 22.7 Å². The average molecular weight is 371 g/mol. The number of rotatable bonds is 6. The fourth-order valence-electron chi connectivity index (χ4n) is 1.52. The molecular formula is C12H15INNaO3. The number of hydrogen-bond acceptors (Lipinski definition) is 3. The molecule has 0 aromatic heterocycles. The molecule has 0 radical (unpaired) electrons. The number of carbonyl (C=O) groups is 1. The van der Waals surface area contributed by atoms with Crippen molar-refractivity contribution in [3.63, 3.8) is 0 Å². The molecule has 0 saturated carbocycles. The van der Waals surface area contributed by atoms with Crippen LogP contribution in [0.1, 0.15) is 24.5 Å². The van der Waals surface area contributed by atoms with Crippen molar-refractivity contribution in [2.75, 3.05) is 9.74 Å². The van der Waals surface area contributed by atoms with Crippen molar-refractivity contribution in [3.8, 4) is 0 Å². The molecule has 0 unspecified atom stereocenters. The van der Waals surface area contributed by atoms with Crippen molar-refractivity contribution in [3.05, 3.63) is 29.3 Å². The standard InChI is InChI=1S/C12H16INO3.Na/c1-2-10-7-9(8-17-16)3-4-11(10)14-12(15)5-6-13;/h3-4,7,16H,2,5-6,8H2,1H3,(H,14,15);/q;+1/p-1. The zero-order valence-electron chi connectivity index (χ0n) is 10.7. The third kappa shape index (κ3) is 5.99. The van der Waals surface area contributed by atoms with E-state index in [4.69, 9.17) is 0 Å². The molecule has 0 aliphatic heterocycles. The van der Waals surface area contributed by atoms with Gasteiger partial charge in [-0.15, -0.1) is 0 Å². The molecule has 1 aromatic rings. The summed E-state index contributed by atoms with van der Waals surface area (Å²) >= 11 is 2.17. The van der Waals surface area contributed by atoms with E-state index in [1.807, 2.05) is 19.1 Å².